The summed E-state index contributed by atoms with van der Waals surface area (Å²) in [4.78, 5) is 24.0. The molecule has 0 aromatic rings. The van der Waals surface area contributed by atoms with E-state index in [1.165, 1.54) is 0 Å². The predicted octanol–water partition coefficient (Wildman–Crippen LogP) is 4.11. The molecule has 0 saturated heterocycles. The highest BCUT2D eigenvalue weighted by Crippen LogP contribution is 2.26. The Morgan fingerprint density at radius 2 is 0.765 bits per heavy atom. The van der Waals surface area contributed by atoms with Crippen LogP contribution in [0.3, 0.4) is 0 Å². The predicted molar refractivity (Wildman–Crippen MR) is 132 cm³/mol. The lowest BCUT2D eigenvalue weighted by Gasteiger charge is -2.28. The molecule has 0 heterocycles. The van der Waals surface area contributed by atoms with E-state index in [0.717, 1.165) is 0 Å². The van der Waals surface area contributed by atoms with Crippen LogP contribution in [0.1, 0.15) is 67.2 Å². The van der Waals surface area contributed by atoms with E-state index < -0.39 is 29.5 Å². The minimum Gasteiger partial charge on any atom is -0.478 e. The first kappa shape index (κ1) is 32.9. The summed E-state index contributed by atoms with van der Waals surface area (Å²) in [5.41, 5.74) is -0.229. The standard InChI is InChI=1S/C22H44O10Si2/c1-7-27-33(28-8-2,29-9-3)17-13-15-19(21(23)24)20(22(25)26)16-14-18-34(30-10-4,31-11-5)32-12-6/h7-18H2,1-6H3,(H,23,24)(H,25,26). The van der Waals surface area contributed by atoms with Crippen molar-refractivity contribution < 1.29 is 46.4 Å². The van der Waals surface area contributed by atoms with Crippen LogP contribution in [0.15, 0.2) is 11.1 Å². The van der Waals surface area contributed by atoms with E-state index >= 15 is 0 Å². The van der Waals surface area contributed by atoms with Gasteiger partial charge in [-0.3, -0.25) is 0 Å². The molecule has 2 N–H and O–H groups in total. The van der Waals surface area contributed by atoms with Gasteiger partial charge in [-0.05, 0) is 67.2 Å². The molecule has 34 heavy (non-hydrogen) atoms. The molecule has 0 unspecified atom stereocenters. The van der Waals surface area contributed by atoms with E-state index in [9.17, 15) is 19.8 Å². The van der Waals surface area contributed by atoms with E-state index in [2.05, 4.69) is 0 Å². The largest absolute Gasteiger partial charge is 0.500 e. The van der Waals surface area contributed by atoms with Gasteiger partial charge < -0.3 is 36.8 Å². The molecule has 0 atom stereocenters. The van der Waals surface area contributed by atoms with Crippen LogP contribution < -0.4 is 0 Å². The monoisotopic (exact) mass is 524 g/mol. The maximum atomic E-state index is 12.0. The Bertz CT molecular complexity index is 541. The highest BCUT2D eigenvalue weighted by Gasteiger charge is 2.41. The zero-order valence-corrected chi connectivity index (χ0v) is 23.6. The van der Waals surface area contributed by atoms with Gasteiger partial charge in [-0.1, -0.05) is 0 Å². The second kappa shape index (κ2) is 18.2. The lowest BCUT2D eigenvalue weighted by Crippen LogP contribution is -2.46. The SMILES string of the molecule is CCO[Si](CCCC(C(=O)O)=C(CCC[Si](OCC)(OCC)OCC)C(=O)O)(OCC)OCC. The Balaban J connectivity index is 5.55. The summed E-state index contributed by atoms with van der Waals surface area (Å²) in [6.07, 6.45) is 0.897. The second-order valence-electron chi connectivity index (χ2n) is 7.24. The molecule has 0 bridgehead atoms. The average Bonchev–Trinajstić information content (AvgIpc) is 2.76. The molecule has 0 aliphatic heterocycles. The summed E-state index contributed by atoms with van der Waals surface area (Å²) in [6.45, 7) is 13.6. The third-order valence-corrected chi connectivity index (χ3v) is 11.2. The van der Waals surface area contributed by atoms with Crippen molar-refractivity contribution in [3.8, 4) is 0 Å². The summed E-state index contributed by atoms with van der Waals surface area (Å²) in [6, 6.07) is 0.808. The van der Waals surface area contributed by atoms with Crippen molar-refractivity contribution in [2.75, 3.05) is 39.6 Å². The zero-order valence-electron chi connectivity index (χ0n) is 21.6. The Morgan fingerprint density at radius 3 is 0.941 bits per heavy atom. The van der Waals surface area contributed by atoms with Gasteiger partial charge in [-0.25, -0.2) is 9.59 Å². The molecule has 0 aliphatic rings. The van der Waals surface area contributed by atoms with E-state index in [1.807, 2.05) is 41.5 Å². The Labute approximate surface area is 206 Å². The molecule has 200 valence electrons. The number of hydrogen-bond acceptors (Lipinski definition) is 8. The van der Waals surface area contributed by atoms with Gasteiger partial charge in [0.05, 0.1) is 0 Å². The second-order valence-corrected chi connectivity index (χ2v) is 12.7. The minimum atomic E-state index is -2.94. The third kappa shape index (κ3) is 11.5. The fourth-order valence-electron chi connectivity index (χ4n) is 3.74. The first-order chi connectivity index (χ1) is 16.2. The first-order valence-electron chi connectivity index (χ1n) is 12.2. The summed E-state index contributed by atoms with van der Waals surface area (Å²) < 4.78 is 34.9. The van der Waals surface area contributed by atoms with Gasteiger partial charge in [0, 0.05) is 62.9 Å². The molecule has 0 saturated carbocycles. The van der Waals surface area contributed by atoms with Gasteiger partial charge >= 0.3 is 29.5 Å². The summed E-state index contributed by atoms with van der Waals surface area (Å²) >= 11 is 0. The van der Waals surface area contributed by atoms with E-state index in [-0.39, 0.29) is 24.0 Å². The Morgan fingerprint density at radius 1 is 0.529 bits per heavy atom. The quantitative estimate of drug-likeness (QED) is 0.158. The van der Waals surface area contributed by atoms with Crippen molar-refractivity contribution in [2.24, 2.45) is 0 Å². The Hall–Kier alpha value is -1.13. The van der Waals surface area contributed by atoms with Gasteiger partial charge in [-0.2, -0.15) is 0 Å². The van der Waals surface area contributed by atoms with Crippen molar-refractivity contribution in [3.63, 3.8) is 0 Å². The van der Waals surface area contributed by atoms with Crippen LogP contribution in [0.4, 0.5) is 0 Å². The molecular formula is C22H44O10Si2. The molecule has 0 spiro atoms. The average molecular weight is 525 g/mol. The topological polar surface area (TPSA) is 130 Å². The van der Waals surface area contributed by atoms with Crippen molar-refractivity contribution in [1.82, 2.24) is 0 Å². The smallest absolute Gasteiger partial charge is 0.478 e. The van der Waals surface area contributed by atoms with Crippen LogP contribution in [0, 0.1) is 0 Å². The van der Waals surface area contributed by atoms with Crippen LogP contribution in [-0.4, -0.2) is 79.4 Å². The fourth-order valence-corrected chi connectivity index (χ4v) is 8.96. The van der Waals surface area contributed by atoms with Crippen LogP contribution in [-0.2, 0) is 36.1 Å². The molecule has 0 aromatic carbocycles. The van der Waals surface area contributed by atoms with Crippen LogP contribution in [0.5, 0.6) is 0 Å². The lowest BCUT2D eigenvalue weighted by molar-refractivity contribution is -0.136. The van der Waals surface area contributed by atoms with Gasteiger partial charge in [-0.15, -0.1) is 0 Å². The van der Waals surface area contributed by atoms with Crippen LogP contribution in [0.2, 0.25) is 12.1 Å². The molecule has 0 radical (unpaired) electrons. The van der Waals surface area contributed by atoms with Crippen molar-refractivity contribution >= 4 is 29.5 Å². The minimum absolute atomic E-state index is 0.0733. The number of carboxylic acids is 2. The van der Waals surface area contributed by atoms with Gasteiger partial charge in [0.1, 0.15) is 0 Å². The first-order valence-corrected chi connectivity index (χ1v) is 16.1. The number of carboxylic acid groups (broad SMARTS) is 2. The maximum absolute atomic E-state index is 12.0. The number of aliphatic carboxylic acids is 2. The highest BCUT2D eigenvalue weighted by molar-refractivity contribution is 6.61. The van der Waals surface area contributed by atoms with Crippen LogP contribution in [0.25, 0.3) is 0 Å². The number of rotatable bonds is 22. The fraction of sp³-hybridized carbons (Fsp3) is 0.818. The summed E-state index contributed by atoms with van der Waals surface area (Å²) in [5.74, 6) is -2.48. The molecule has 0 fully saturated rings. The third-order valence-electron chi connectivity index (χ3n) is 4.89. The van der Waals surface area contributed by atoms with Crippen LogP contribution >= 0.6 is 0 Å². The molecule has 0 amide bonds. The van der Waals surface area contributed by atoms with E-state index in [4.69, 9.17) is 26.6 Å². The normalized spacial score (nSPS) is 13.1. The molecule has 0 aliphatic carbocycles. The molecule has 0 aromatic heterocycles. The van der Waals surface area contributed by atoms with Crippen molar-refractivity contribution in [1.29, 1.82) is 0 Å². The number of carbonyl (C=O) groups is 2. The lowest BCUT2D eigenvalue weighted by atomic mass is 10.00. The highest BCUT2D eigenvalue weighted by atomic mass is 28.4. The molecular weight excluding hydrogens is 480 g/mol. The van der Waals surface area contributed by atoms with Gasteiger partial charge in [0.15, 0.2) is 0 Å². The van der Waals surface area contributed by atoms with E-state index in [0.29, 0.717) is 64.6 Å². The van der Waals surface area contributed by atoms with Gasteiger partial charge in [0.25, 0.3) is 0 Å². The maximum Gasteiger partial charge on any atom is 0.500 e. The molecule has 12 heteroatoms. The van der Waals surface area contributed by atoms with Gasteiger partial charge in [0.2, 0.25) is 0 Å². The molecule has 10 nitrogen and oxygen atoms in total. The molecule has 0 rings (SSSR count). The Kier molecular flexibility index (Phi) is 17.6. The van der Waals surface area contributed by atoms with Crippen molar-refractivity contribution in [3.05, 3.63) is 11.1 Å². The number of hydrogen-bond donors (Lipinski definition) is 2. The summed E-state index contributed by atoms with van der Waals surface area (Å²) in [7, 11) is -5.89. The summed E-state index contributed by atoms with van der Waals surface area (Å²) in [5, 5.41) is 19.5. The van der Waals surface area contributed by atoms with Crippen molar-refractivity contribution in [2.45, 2.75) is 79.3 Å². The van der Waals surface area contributed by atoms with E-state index in [1.54, 1.807) is 0 Å². The zero-order chi connectivity index (χ0) is 26.0.